The van der Waals surface area contributed by atoms with Crippen LogP contribution in [0.15, 0.2) is 48.5 Å². The highest BCUT2D eigenvalue weighted by Crippen LogP contribution is 2.26. The van der Waals surface area contributed by atoms with Crippen LogP contribution in [0.3, 0.4) is 0 Å². The van der Waals surface area contributed by atoms with E-state index in [0.29, 0.717) is 17.0 Å². The van der Waals surface area contributed by atoms with Gasteiger partial charge in [-0.1, -0.05) is 41.9 Å². The molecule has 2 nitrogen and oxygen atoms in total. The predicted octanol–water partition coefficient (Wildman–Crippen LogP) is 3.32. The molecule has 1 atom stereocenters. The normalized spacial score (nSPS) is 12.4. The Kier molecular flexibility index (Phi) is 3.67. The standard InChI is InChI=1S/C14H13ClO2/c15-11-5-3-4-10(8-11)9-14(17)12-6-1-2-7-13(12)16/h1-8,14,16-17H,9H2/t14-/m1/s1. The van der Waals surface area contributed by atoms with Crippen molar-refractivity contribution in [3.63, 3.8) is 0 Å². The lowest BCUT2D eigenvalue weighted by Crippen LogP contribution is -2.01. The SMILES string of the molecule is Oc1ccccc1[C@H](O)Cc1cccc(Cl)c1. The van der Waals surface area contributed by atoms with Crippen LogP contribution in [0, 0.1) is 0 Å². The van der Waals surface area contributed by atoms with E-state index in [4.69, 9.17) is 11.6 Å². The van der Waals surface area contributed by atoms with Gasteiger partial charge < -0.3 is 10.2 Å². The van der Waals surface area contributed by atoms with Crippen LogP contribution in [0.2, 0.25) is 5.02 Å². The topological polar surface area (TPSA) is 40.5 Å². The van der Waals surface area contributed by atoms with Gasteiger partial charge in [0.05, 0.1) is 6.10 Å². The van der Waals surface area contributed by atoms with Gasteiger partial charge in [-0.15, -0.1) is 0 Å². The summed E-state index contributed by atoms with van der Waals surface area (Å²) in [6.07, 6.45) is -0.298. The Hall–Kier alpha value is -1.51. The van der Waals surface area contributed by atoms with Crippen LogP contribution in [-0.2, 0) is 6.42 Å². The van der Waals surface area contributed by atoms with Crippen molar-refractivity contribution < 1.29 is 10.2 Å². The molecule has 0 aliphatic carbocycles. The zero-order valence-electron chi connectivity index (χ0n) is 9.18. The Morgan fingerprint density at radius 1 is 1.06 bits per heavy atom. The highest BCUT2D eigenvalue weighted by molar-refractivity contribution is 6.30. The van der Waals surface area contributed by atoms with E-state index in [1.54, 1.807) is 30.3 Å². The number of aliphatic hydroxyl groups excluding tert-OH is 1. The zero-order valence-corrected chi connectivity index (χ0v) is 9.93. The third-order valence-electron chi connectivity index (χ3n) is 2.61. The van der Waals surface area contributed by atoms with E-state index in [0.717, 1.165) is 5.56 Å². The van der Waals surface area contributed by atoms with E-state index < -0.39 is 6.10 Å². The molecule has 2 rings (SSSR count). The molecule has 0 aromatic heterocycles. The smallest absolute Gasteiger partial charge is 0.121 e. The maximum atomic E-state index is 10.0. The molecule has 0 bridgehead atoms. The number of hydrogen-bond acceptors (Lipinski definition) is 2. The number of halogens is 1. The molecule has 0 spiro atoms. The molecule has 0 heterocycles. The first-order valence-corrected chi connectivity index (χ1v) is 5.75. The Balaban J connectivity index is 2.17. The average molecular weight is 249 g/mol. The van der Waals surface area contributed by atoms with Gasteiger partial charge in [0, 0.05) is 17.0 Å². The molecular formula is C14H13ClO2. The minimum Gasteiger partial charge on any atom is -0.508 e. The van der Waals surface area contributed by atoms with Gasteiger partial charge in [0.15, 0.2) is 0 Å². The van der Waals surface area contributed by atoms with Gasteiger partial charge in [-0.05, 0) is 23.8 Å². The molecule has 0 amide bonds. The third-order valence-corrected chi connectivity index (χ3v) is 2.85. The number of phenols is 1. The van der Waals surface area contributed by atoms with Gasteiger partial charge >= 0.3 is 0 Å². The van der Waals surface area contributed by atoms with Crippen molar-refractivity contribution in [1.29, 1.82) is 0 Å². The molecule has 0 aliphatic heterocycles. The predicted molar refractivity (Wildman–Crippen MR) is 68.2 cm³/mol. The van der Waals surface area contributed by atoms with Crippen LogP contribution in [0.1, 0.15) is 17.2 Å². The summed E-state index contributed by atoms with van der Waals surface area (Å²) in [5, 5.41) is 20.3. The Bertz CT molecular complexity index is 511. The van der Waals surface area contributed by atoms with E-state index in [2.05, 4.69) is 0 Å². The van der Waals surface area contributed by atoms with Crippen molar-refractivity contribution in [3.05, 3.63) is 64.7 Å². The van der Waals surface area contributed by atoms with E-state index in [9.17, 15) is 10.2 Å². The molecule has 88 valence electrons. The maximum absolute atomic E-state index is 10.0. The van der Waals surface area contributed by atoms with Gasteiger partial charge in [-0.25, -0.2) is 0 Å². The van der Waals surface area contributed by atoms with E-state index >= 15 is 0 Å². The summed E-state index contributed by atoms with van der Waals surface area (Å²) in [6.45, 7) is 0. The molecule has 0 saturated carbocycles. The number of hydrogen-bond donors (Lipinski definition) is 2. The molecule has 2 N–H and O–H groups in total. The molecule has 0 fully saturated rings. The monoisotopic (exact) mass is 248 g/mol. The number of para-hydroxylation sites is 1. The van der Waals surface area contributed by atoms with Gasteiger partial charge in [0.2, 0.25) is 0 Å². The summed E-state index contributed by atoms with van der Waals surface area (Å²) < 4.78 is 0. The maximum Gasteiger partial charge on any atom is 0.121 e. The lowest BCUT2D eigenvalue weighted by Gasteiger charge is -2.12. The molecule has 3 heteroatoms. The molecular weight excluding hydrogens is 236 g/mol. The molecule has 0 unspecified atom stereocenters. The van der Waals surface area contributed by atoms with Crippen molar-refractivity contribution in [2.24, 2.45) is 0 Å². The highest BCUT2D eigenvalue weighted by Gasteiger charge is 2.12. The summed E-state index contributed by atoms with van der Waals surface area (Å²) >= 11 is 5.87. The first-order valence-electron chi connectivity index (χ1n) is 5.37. The molecule has 0 saturated heterocycles. The highest BCUT2D eigenvalue weighted by atomic mass is 35.5. The summed E-state index contributed by atoms with van der Waals surface area (Å²) in [4.78, 5) is 0. The Morgan fingerprint density at radius 2 is 1.82 bits per heavy atom. The number of aliphatic hydroxyl groups is 1. The second kappa shape index (κ2) is 5.21. The Labute approximate surface area is 105 Å². The molecule has 17 heavy (non-hydrogen) atoms. The summed E-state index contributed by atoms with van der Waals surface area (Å²) in [7, 11) is 0. The lowest BCUT2D eigenvalue weighted by atomic mass is 10.0. The zero-order chi connectivity index (χ0) is 12.3. The van der Waals surface area contributed by atoms with Gasteiger partial charge in [-0.3, -0.25) is 0 Å². The first kappa shape index (κ1) is 12.0. The largest absolute Gasteiger partial charge is 0.508 e. The third kappa shape index (κ3) is 2.99. The number of phenolic OH excluding ortho intramolecular Hbond substituents is 1. The molecule has 0 radical (unpaired) electrons. The lowest BCUT2D eigenvalue weighted by molar-refractivity contribution is 0.174. The van der Waals surface area contributed by atoms with Crippen LogP contribution in [0.5, 0.6) is 5.75 Å². The second-order valence-electron chi connectivity index (χ2n) is 3.91. The summed E-state index contributed by atoms with van der Waals surface area (Å²) in [6, 6.07) is 14.1. The van der Waals surface area contributed by atoms with Crippen molar-refractivity contribution >= 4 is 11.6 Å². The van der Waals surface area contributed by atoms with Gasteiger partial charge in [0.25, 0.3) is 0 Å². The Morgan fingerprint density at radius 3 is 2.53 bits per heavy atom. The number of benzene rings is 2. The number of rotatable bonds is 3. The first-order chi connectivity index (χ1) is 8.16. The van der Waals surface area contributed by atoms with E-state index in [1.165, 1.54) is 0 Å². The molecule has 0 aliphatic rings. The van der Waals surface area contributed by atoms with Gasteiger partial charge in [-0.2, -0.15) is 0 Å². The van der Waals surface area contributed by atoms with Crippen LogP contribution in [0.4, 0.5) is 0 Å². The van der Waals surface area contributed by atoms with Crippen molar-refractivity contribution in [1.82, 2.24) is 0 Å². The van der Waals surface area contributed by atoms with E-state index in [-0.39, 0.29) is 5.75 Å². The van der Waals surface area contributed by atoms with Crippen LogP contribution in [0.25, 0.3) is 0 Å². The van der Waals surface area contributed by atoms with Crippen molar-refractivity contribution in [2.75, 3.05) is 0 Å². The summed E-state index contributed by atoms with van der Waals surface area (Å²) in [5.74, 6) is 0.113. The van der Waals surface area contributed by atoms with Crippen LogP contribution in [-0.4, -0.2) is 10.2 Å². The molecule has 2 aromatic carbocycles. The van der Waals surface area contributed by atoms with Crippen LogP contribution >= 0.6 is 11.6 Å². The second-order valence-corrected chi connectivity index (χ2v) is 4.35. The fraction of sp³-hybridized carbons (Fsp3) is 0.143. The fourth-order valence-corrected chi connectivity index (χ4v) is 1.98. The summed E-state index contributed by atoms with van der Waals surface area (Å²) in [5.41, 5.74) is 1.47. The minimum atomic E-state index is -0.727. The average Bonchev–Trinajstić information content (AvgIpc) is 2.29. The van der Waals surface area contributed by atoms with E-state index in [1.807, 2.05) is 18.2 Å². The van der Waals surface area contributed by atoms with Crippen molar-refractivity contribution in [2.45, 2.75) is 12.5 Å². The number of aromatic hydroxyl groups is 1. The van der Waals surface area contributed by atoms with Crippen LogP contribution < -0.4 is 0 Å². The minimum absolute atomic E-state index is 0.113. The van der Waals surface area contributed by atoms with Gasteiger partial charge in [0.1, 0.15) is 5.75 Å². The quantitative estimate of drug-likeness (QED) is 0.875. The van der Waals surface area contributed by atoms with Crippen molar-refractivity contribution in [3.8, 4) is 5.75 Å². The fourth-order valence-electron chi connectivity index (χ4n) is 1.77. The molecule has 2 aromatic rings.